The van der Waals surface area contributed by atoms with Gasteiger partial charge in [-0.2, -0.15) is 0 Å². The number of aryl methyl sites for hydroxylation is 1. The Kier molecular flexibility index (Phi) is 7.50. The molecule has 0 radical (unpaired) electrons. The molecule has 0 unspecified atom stereocenters. The molecule has 0 aliphatic heterocycles. The van der Waals surface area contributed by atoms with Crippen LogP contribution in [0.4, 0.5) is 0 Å². The zero-order valence-corrected chi connectivity index (χ0v) is 18.8. The van der Waals surface area contributed by atoms with Crippen LogP contribution in [0.1, 0.15) is 46.5 Å². The molecule has 0 saturated carbocycles. The van der Waals surface area contributed by atoms with Crippen molar-refractivity contribution in [2.24, 2.45) is 5.73 Å². The lowest BCUT2D eigenvalue weighted by atomic mass is 9.98. The highest BCUT2D eigenvalue weighted by Gasteiger charge is 2.08. The van der Waals surface area contributed by atoms with Gasteiger partial charge in [0.1, 0.15) is 18.1 Å². The summed E-state index contributed by atoms with van der Waals surface area (Å²) in [5.41, 5.74) is 12.2. The fraction of sp³-hybridized carbons (Fsp3) is 0.179. The Balaban J connectivity index is 1.79. The second kappa shape index (κ2) is 10.5. The quantitative estimate of drug-likeness (QED) is 0.435. The van der Waals surface area contributed by atoms with Crippen molar-refractivity contribution in [2.75, 3.05) is 0 Å². The SMILES string of the molecule is C/C(=C/C=C(\C)c1cc(O)ccc1OCc1ccccc1)Cc1cc(C(N)=O)ccc1C. The maximum Gasteiger partial charge on any atom is 0.248 e. The Morgan fingerprint density at radius 3 is 2.47 bits per heavy atom. The number of ether oxygens (including phenoxy) is 1. The van der Waals surface area contributed by atoms with Crippen molar-refractivity contribution in [3.63, 3.8) is 0 Å². The number of carbonyl (C=O) groups excluding carboxylic acids is 1. The third-order valence-electron chi connectivity index (χ3n) is 5.35. The number of phenols is 1. The Labute approximate surface area is 189 Å². The molecular formula is C28H29NO3. The third kappa shape index (κ3) is 6.11. The van der Waals surface area contributed by atoms with E-state index in [9.17, 15) is 9.90 Å². The van der Waals surface area contributed by atoms with Gasteiger partial charge in [0.05, 0.1) is 0 Å². The summed E-state index contributed by atoms with van der Waals surface area (Å²) in [5, 5.41) is 10.0. The van der Waals surface area contributed by atoms with Gasteiger partial charge in [-0.25, -0.2) is 0 Å². The molecule has 0 aliphatic carbocycles. The van der Waals surface area contributed by atoms with Gasteiger partial charge < -0.3 is 15.6 Å². The molecule has 0 bridgehead atoms. The Bertz CT molecular complexity index is 1160. The molecule has 0 aliphatic rings. The molecule has 3 aromatic rings. The van der Waals surface area contributed by atoms with Crippen molar-refractivity contribution in [3.8, 4) is 11.5 Å². The zero-order chi connectivity index (χ0) is 23.1. The average Bonchev–Trinajstić information content (AvgIpc) is 2.78. The van der Waals surface area contributed by atoms with E-state index in [1.807, 2.05) is 62.4 Å². The lowest BCUT2D eigenvalue weighted by molar-refractivity contribution is 0.1000. The molecule has 4 heteroatoms. The lowest BCUT2D eigenvalue weighted by Gasteiger charge is -2.13. The number of carbonyl (C=O) groups is 1. The first kappa shape index (κ1) is 22.9. The maximum atomic E-state index is 11.5. The lowest BCUT2D eigenvalue weighted by Crippen LogP contribution is -2.11. The van der Waals surface area contributed by atoms with Crippen LogP contribution in [-0.4, -0.2) is 11.0 Å². The average molecular weight is 428 g/mol. The van der Waals surface area contributed by atoms with Crippen LogP contribution in [0.3, 0.4) is 0 Å². The van der Waals surface area contributed by atoms with Crippen LogP contribution < -0.4 is 10.5 Å². The summed E-state index contributed by atoms with van der Waals surface area (Å²) in [6.07, 6.45) is 4.79. The highest BCUT2D eigenvalue weighted by Crippen LogP contribution is 2.30. The molecule has 3 rings (SSSR count). The summed E-state index contributed by atoms with van der Waals surface area (Å²) < 4.78 is 6.04. The molecular weight excluding hydrogens is 398 g/mol. The van der Waals surface area contributed by atoms with Gasteiger partial charge in [-0.05, 0) is 79.8 Å². The van der Waals surface area contributed by atoms with E-state index in [2.05, 4.69) is 13.0 Å². The molecule has 0 heterocycles. The van der Waals surface area contributed by atoms with Crippen molar-refractivity contribution in [1.82, 2.24) is 0 Å². The minimum atomic E-state index is -0.421. The minimum absolute atomic E-state index is 0.194. The fourth-order valence-corrected chi connectivity index (χ4v) is 3.42. The summed E-state index contributed by atoms with van der Waals surface area (Å²) >= 11 is 0. The predicted octanol–water partition coefficient (Wildman–Crippen LogP) is 5.97. The minimum Gasteiger partial charge on any atom is -0.508 e. The first-order chi connectivity index (χ1) is 15.3. The van der Waals surface area contributed by atoms with E-state index in [-0.39, 0.29) is 5.75 Å². The van der Waals surface area contributed by atoms with E-state index in [0.29, 0.717) is 18.6 Å². The second-order valence-electron chi connectivity index (χ2n) is 8.00. The van der Waals surface area contributed by atoms with E-state index < -0.39 is 5.91 Å². The first-order valence-electron chi connectivity index (χ1n) is 10.6. The third-order valence-corrected chi connectivity index (χ3v) is 5.35. The van der Waals surface area contributed by atoms with E-state index in [4.69, 9.17) is 10.5 Å². The molecule has 0 fully saturated rings. The van der Waals surface area contributed by atoms with E-state index in [1.165, 1.54) is 0 Å². The van der Waals surface area contributed by atoms with Crippen LogP contribution in [0.5, 0.6) is 11.5 Å². The maximum absolute atomic E-state index is 11.5. The summed E-state index contributed by atoms with van der Waals surface area (Å²) in [6.45, 7) is 6.52. The summed E-state index contributed by atoms with van der Waals surface area (Å²) in [7, 11) is 0. The second-order valence-corrected chi connectivity index (χ2v) is 8.00. The fourth-order valence-electron chi connectivity index (χ4n) is 3.42. The highest BCUT2D eigenvalue weighted by molar-refractivity contribution is 5.93. The molecule has 0 saturated heterocycles. The van der Waals surface area contributed by atoms with Crippen LogP contribution in [0.2, 0.25) is 0 Å². The highest BCUT2D eigenvalue weighted by atomic mass is 16.5. The first-order valence-corrected chi connectivity index (χ1v) is 10.6. The largest absolute Gasteiger partial charge is 0.508 e. The summed E-state index contributed by atoms with van der Waals surface area (Å²) in [4.78, 5) is 11.5. The van der Waals surface area contributed by atoms with Crippen LogP contribution in [0.15, 0.2) is 84.5 Å². The number of primary amides is 1. The van der Waals surface area contributed by atoms with Gasteiger partial charge in [-0.1, -0.05) is 54.1 Å². The number of hydrogen-bond acceptors (Lipinski definition) is 3. The number of benzene rings is 3. The number of phenolic OH excluding ortho intramolecular Hbond substituents is 1. The number of aromatic hydroxyl groups is 1. The van der Waals surface area contributed by atoms with Gasteiger partial charge in [-0.3, -0.25) is 4.79 Å². The number of hydrogen-bond donors (Lipinski definition) is 2. The van der Waals surface area contributed by atoms with Crippen molar-refractivity contribution in [2.45, 2.75) is 33.8 Å². The zero-order valence-electron chi connectivity index (χ0n) is 18.8. The molecule has 3 N–H and O–H groups in total. The molecule has 1 amide bonds. The Morgan fingerprint density at radius 2 is 1.75 bits per heavy atom. The van der Waals surface area contributed by atoms with E-state index in [0.717, 1.165) is 39.1 Å². The standard InChI is InChI=1S/C28H29NO3/c1-19(15-24-16-23(28(29)31)12-11-20(24)2)9-10-21(3)26-17-25(30)13-14-27(26)32-18-22-7-5-4-6-8-22/h4-14,16-17,30H,15,18H2,1-3H3,(H2,29,31)/b19-9-,21-10+. The molecule has 0 spiro atoms. The number of nitrogens with two attached hydrogens (primary N) is 1. The van der Waals surface area contributed by atoms with Gasteiger partial charge in [0, 0.05) is 11.1 Å². The molecule has 0 aromatic heterocycles. The summed E-state index contributed by atoms with van der Waals surface area (Å²) in [5.74, 6) is 0.492. The van der Waals surface area contributed by atoms with Gasteiger partial charge >= 0.3 is 0 Å². The molecule has 0 atom stereocenters. The van der Waals surface area contributed by atoms with Crippen molar-refractivity contribution in [1.29, 1.82) is 0 Å². The molecule has 32 heavy (non-hydrogen) atoms. The number of allylic oxidation sites excluding steroid dienone is 4. The van der Waals surface area contributed by atoms with Gasteiger partial charge in [0.2, 0.25) is 5.91 Å². The van der Waals surface area contributed by atoms with Crippen LogP contribution in [-0.2, 0) is 13.0 Å². The molecule has 3 aromatic carbocycles. The van der Waals surface area contributed by atoms with Crippen molar-refractivity contribution in [3.05, 3.63) is 112 Å². The number of amides is 1. The van der Waals surface area contributed by atoms with Crippen molar-refractivity contribution >= 4 is 11.5 Å². The predicted molar refractivity (Wildman–Crippen MR) is 130 cm³/mol. The molecule has 4 nitrogen and oxygen atoms in total. The Hall–Kier alpha value is -3.79. The van der Waals surface area contributed by atoms with Gasteiger partial charge in [0.25, 0.3) is 0 Å². The Morgan fingerprint density at radius 1 is 1.00 bits per heavy atom. The van der Waals surface area contributed by atoms with E-state index in [1.54, 1.807) is 24.3 Å². The summed E-state index contributed by atoms with van der Waals surface area (Å²) in [6, 6.07) is 20.7. The van der Waals surface area contributed by atoms with E-state index >= 15 is 0 Å². The molecule has 164 valence electrons. The van der Waals surface area contributed by atoms with Crippen LogP contribution in [0, 0.1) is 6.92 Å². The topological polar surface area (TPSA) is 72.6 Å². The van der Waals surface area contributed by atoms with Crippen LogP contribution in [0.25, 0.3) is 5.57 Å². The van der Waals surface area contributed by atoms with Gasteiger partial charge in [-0.15, -0.1) is 0 Å². The van der Waals surface area contributed by atoms with Crippen LogP contribution >= 0.6 is 0 Å². The van der Waals surface area contributed by atoms with Crippen molar-refractivity contribution < 1.29 is 14.6 Å². The smallest absolute Gasteiger partial charge is 0.248 e. The van der Waals surface area contributed by atoms with Gasteiger partial charge in [0.15, 0.2) is 0 Å². The number of rotatable bonds is 8. The monoisotopic (exact) mass is 427 g/mol. The normalized spacial score (nSPS) is 12.0.